The first-order chi connectivity index (χ1) is 12.7. The van der Waals surface area contributed by atoms with Crippen LogP contribution in [-0.2, 0) is 10.0 Å². The Balaban J connectivity index is 2.37. The van der Waals surface area contributed by atoms with Crippen molar-refractivity contribution < 1.29 is 23.1 Å². The molecule has 0 aliphatic carbocycles. The van der Waals surface area contributed by atoms with Gasteiger partial charge in [-0.1, -0.05) is 37.6 Å². The first-order valence-corrected chi connectivity index (χ1v) is 9.97. The number of halogens is 1. The average molecular weight is 411 g/mol. The predicted octanol–water partition coefficient (Wildman–Crippen LogP) is 3.32. The monoisotopic (exact) mass is 410 g/mol. The normalized spacial score (nSPS) is 11.4. The molecule has 0 saturated carbocycles. The summed E-state index contributed by atoms with van der Waals surface area (Å²) in [5.74, 6) is -1.93. The summed E-state index contributed by atoms with van der Waals surface area (Å²) in [6, 6.07) is 9.89. The number of carbonyl (C=O) groups is 2. The van der Waals surface area contributed by atoms with E-state index < -0.39 is 21.9 Å². The fourth-order valence-corrected chi connectivity index (χ4v) is 4.31. The second kappa shape index (κ2) is 8.51. The van der Waals surface area contributed by atoms with Gasteiger partial charge in [-0.05, 0) is 30.3 Å². The molecule has 0 radical (unpaired) electrons. The third-order valence-corrected chi connectivity index (χ3v) is 6.28. The van der Waals surface area contributed by atoms with Crippen LogP contribution in [0.25, 0.3) is 0 Å². The number of sulfonamides is 1. The number of carbonyl (C=O) groups excluding carboxylic acids is 1. The summed E-state index contributed by atoms with van der Waals surface area (Å²) in [7, 11) is -3.72. The number of carboxylic acid groups (broad SMARTS) is 1. The highest BCUT2D eigenvalue weighted by molar-refractivity contribution is 7.89. The van der Waals surface area contributed by atoms with Crippen molar-refractivity contribution in [3.05, 3.63) is 58.6 Å². The maximum Gasteiger partial charge on any atom is 0.339 e. The van der Waals surface area contributed by atoms with E-state index in [0.29, 0.717) is 13.1 Å². The van der Waals surface area contributed by atoms with E-state index in [4.69, 9.17) is 11.6 Å². The Hall–Kier alpha value is -2.42. The van der Waals surface area contributed by atoms with Crippen LogP contribution in [0, 0.1) is 0 Å². The first kappa shape index (κ1) is 20.9. The van der Waals surface area contributed by atoms with E-state index >= 15 is 0 Å². The van der Waals surface area contributed by atoms with Gasteiger partial charge in [0.15, 0.2) is 0 Å². The Morgan fingerprint density at radius 3 is 2.33 bits per heavy atom. The molecule has 27 heavy (non-hydrogen) atoms. The number of rotatable bonds is 7. The van der Waals surface area contributed by atoms with Gasteiger partial charge in [-0.2, -0.15) is 4.31 Å². The molecular weight excluding hydrogens is 392 g/mol. The van der Waals surface area contributed by atoms with E-state index in [-0.39, 0.29) is 26.7 Å². The number of carboxylic acids is 1. The molecule has 0 fully saturated rings. The van der Waals surface area contributed by atoms with E-state index in [9.17, 15) is 23.1 Å². The van der Waals surface area contributed by atoms with Gasteiger partial charge in [-0.15, -0.1) is 0 Å². The highest BCUT2D eigenvalue weighted by atomic mass is 35.5. The molecule has 7 nitrogen and oxygen atoms in total. The lowest BCUT2D eigenvalue weighted by atomic mass is 10.1. The van der Waals surface area contributed by atoms with E-state index in [2.05, 4.69) is 5.32 Å². The Labute approximate surface area is 162 Å². The second-order valence-corrected chi connectivity index (χ2v) is 7.88. The highest BCUT2D eigenvalue weighted by Crippen LogP contribution is 2.25. The van der Waals surface area contributed by atoms with E-state index in [1.807, 2.05) is 0 Å². The van der Waals surface area contributed by atoms with Crippen LogP contribution in [0.5, 0.6) is 0 Å². The number of benzene rings is 2. The number of anilines is 1. The van der Waals surface area contributed by atoms with Crippen LogP contribution in [0.15, 0.2) is 47.4 Å². The average Bonchev–Trinajstić information content (AvgIpc) is 2.62. The topological polar surface area (TPSA) is 104 Å². The van der Waals surface area contributed by atoms with Crippen molar-refractivity contribution in [3.63, 3.8) is 0 Å². The number of amides is 1. The van der Waals surface area contributed by atoms with Crippen molar-refractivity contribution in [2.45, 2.75) is 18.7 Å². The smallest absolute Gasteiger partial charge is 0.339 e. The molecule has 0 aromatic heterocycles. The fourth-order valence-electron chi connectivity index (χ4n) is 2.55. The summed E-state index contributed by atoms with van der Waals surface area (Å²) in [5, 5.41) is 11.7. The SMILES string of the molecule is CCN(CC)S(=O)(=O)c1cccc(C(=O)Nc2cccc(Cl)c2C(=O)O)c1. The van der Waals surface area contributed by atoms with Crippen molar-refractivity contribution in [2.24, 2.45) is 0 Å². The van der Waals surface area contributed by atoms with Gasteiger partial charge in [0.2, 0.25) is 10.0 Å². The molecular formula is C18H19ClN2O5S. The van der Waals surface area contributed by atoms with Crippen LogP contribution in [0.4, 0.5) is 5.69 Å². The molecule has 144 valence electrons. The second-order valence-electron chi connectivity index (χ2n) is 5.54. The number of nitrogens with one attached hydrogen (secondary N) is 1. The lowest BCUT2D eigenvalue weighted by Crippen LogP contribution is -2.30. The Bertz CT molecular complexity index is 971. The van der Waals surface area contributed by atoms with E-state index in [1.165, 1.54) is 46.8 Å². The van der Waals surface area contributed by atoms with Crippen LogP contribution in [0.1, 0.15) is 34.6 Å². The van der Waals surface area contributed by atoms with Gasteiger partial charge in [-0.25, -0.2) is 13.2 Å². The predicted molar refractivity (Wildman–Crippen MR) is 103 cm³/mol. The molecule has 0 saturated heterocycles. The number of aromatic carboxylic acids is 1. The lowest BCUT2D eigenvalue weighted by molar-refractivity contribution is 0.0698. The summed E-state index contributed by atoms with van der Waals surface area (Å²) in [5.41, 5.74) is -0.129. The minimum atomic E-state index is -3.72. The molecule has 2 aromatic carbocycles. The molecule has 0 aliphatic rings. The molecule has 2 aromatic rings. The lowest BCUT2D eigenvalue weighted by Gasteiger charge is -2.18. The van der Waals surface area contributed by atoms with Gasteiger partial charge in [0.25, 0.3) is 5.91 Å². The summed E-state index contributed by atoms with van der Waals surface area (Å²) < 4.78 is 26.5. The fraction of sp³-hybridized carbons (Fsp3) is 0.222. The maximum atomic E-state index is 12.6. The van der Waals surface area contributed by atoms with E-state index in [0.717, 1.165) is 0 Å². The van der Waals surface area contributed by atoms with Crippen molar-refractivity contribution in [3.8, 4) is 0 Å². The highest BCUT2D eigenvalue weighted by Gasteiger charge is 2.23. The van der Waals surface area contributed by atoms with Crippen molar-refractivity contribution >= 4 is 39.2 Å². The molecule has 0 bridgehead atoms. The van der Waals surface area contributed by atoms with Crippen molar-refractivity contribution in [2.75, 3.05) is 18.4 Å². The largest absolute Gasteiger partial charge is 0.478 e. The molecule has 0 atom stereocenters. The zero-order valence-corrected chi connectivity index (χ0v) is 16.3. The van der Waals surface area contributed by atoms with Gasteiger partial charge in [0.1, 0.15) is 5.56 Å². The van der Waals surface area contributed by atoms with Crippen molar-refractivity contribution in [1.29, 1.82) is 0 Å². The van der Waals surface area contributed by atoms with Gasteiger partial charge in [0.05, 0.1) is 15.6 Å². The van der Waals surface area contributed by atoms with Crippen LogP contribution >= 0.6 is 11.6 Å². The van der Waals surface area contributed by atoms with Gasteiger partial charge >= 0.3 is 5.97 Å². The van der Waals surface area contributed by atoms with Crippen LogP contribution in [0.3, 0.4) is 0 Å². The summed E-state index contributed by atoms with van der Waals surface area (Å²) >= 11 is 5.89. The molecule has 2 rings (SSSR count). The maximum absolute atomic E-state index is 12.6. The van der Waals surface area contributed by atoms with E-state index in [1.54, 1.807) is 13.8 Å². The zero-order chi connectivity index (χ0) is 20.2. The number of hydrogen-bond acceptors (Lipinski definition) is 4. The third kappa shape index (κ3) is 4.47. The molecule has 1 amide bonds. The summed E-state index contributed by atoms with van der Waals surface area (Å²) in [4.78, 5) is 23.9. The molecule has 2 N–H and O–H groups in total. The minimum absolute atomic E-state index is 0.0107. The zero-order valence-electron chi connectivity index (χ0n) is 14.8. The summed E-state index contributed by atoms with van der Waals surface area (Å²) in [6.45, 7) is 4.06. The Kier molecular flexibility index (Phi) is 6.59. The van der Waals surface area contributed by atoms with Crippen LogP contribution in [0.2, 0.25) is 5.02 Å². The minimum Gasteiger partial charge on any atom is -0.478 e. The standard InChI is InChI=1S/C18H19ClN2O5S/c1-3-21(4-2)27(25,26)13-8-5-7-12(11-13)17(22)20-15-10-6-9-14(19)16(15)18(23)24/h5-11H,3-4H2,1-2H3,(H,20,22)(H,23,24). The molecule has 0 spiro atoms. The summed E-state index contributed by atoms with van der Waals surface area (Å²) in [6.07, 6.45) is 0. The molecule has 9 heteroatoms. The Morgan fingerprint density at radius 2 is 1.74 bits per heavy atom. The van der Waals surface area contributed by atoms with Crippen molar-refractivity contribution in [1.82, 2.24) is 4.31 Å². The number of hydrogen-bond donors (Lipinski definition) is 2. The van der Waals surface area contributed by atoms with Crippen LogP contribution < -0.4 is 5.32 Å². The van der Waals surface area contributed by atoms with Gasteiger partial charge in [-0.3, -0.25) is 4.79 Å². The van der Waals surface area contributed by atoms with Gasteiger partial charge in [0, 0.05) is 18.7 Å². The quantitative estimate of drug-likeness (QED) is 0.728. The Morgan fingerprint density at radius 1 is 1.11 bits per heavy atom. The number of nitrogens with zero attached hydrogens (tertiary/aromatic N) is 1. The first-order valence-electron chi connectivity index (χ1n) is 8.15. The van der Waals surface area contributed by atoms with Crippen LogP contribution in [-0.4, -0.2) is 42.8 Å². The third-order valence-electron chi connectivity index (χ3n) is 3.92. The molecule has 0 aliphatic heterocycles. The molecule has 0 unspecified atom stereocenters. The molecule has 0 heterocycles. The van der Waals surface area contributed by atoms with Gasteiger partial charge < -0.3 is 10.4 Å².